The summed E-state index contributed by atoms with van der Waals surface area (Å²) in [7, 11) is 1.64. The van der Waals surface area contributed by atoms with Crippen molar-refractivity contribution in [2.75, 3.05) is 32.0 Å². The number of rotatable bonds is 6. The topological polar surface area (TPSA) is 61.3 Å². The minimum Gasteiger partial charge on any atom is -0.368 e. The van der Waals surface area contributed by atoms with Gasteiger partial charge >= 0.3 is 6.18 Å². The van der Waals surface area contributed by atoms with Crippen molar-refractivity contribution in [1.29, 1.82) is 0 Å². The first kappa shape index (κ1) is 20.7. The second-order valence-electron chi connectivity index (χ2n) is 4.25. The fourth-order valence-electron chi connectivity index (χ4n) is 1.60. The van der Waals surface area contributed by atoms with Crippen LogP contribution in [-0.4, -0.2) is 37.6 Å². The second-order valence-corrected chi connectivity index (χ2v) is 4.25. The van der Waals surface area contributed by atoms with E-state index in [4.69, 9.17) is 0 Å². The second kappa shape index (κ2) is 10.5. The molecule has 1 aromatic heterocycles. The number of hydrogen-bond acceptors (Lipinski definition) is 3. The Labute approximate surface area is 145 Å². The number of pyridine rings is 1. The van der Waals surface area contributed by atoms with Crippen LogP contribution in [0.3, 0.4) is 0 Å². The summed E-state index contributed by atoms with van der Waals surface area (Å²) >= 11 is 0. The quantitative estimate of drug-likeness (QED) is 0.281. The minimum atomic E-state index is -4.41. The van der Waals surface area contributed by atoms with Crippen molar-refractivity contribution < 1.29 is 13.2 Å². The number of guanidine groups is 1. The van der Waals surface area contributed by atoms with Gasteiger partial charge < -0.3 is 16.0 Å². The van der Waals surface area contributed by atoms with Crippen molar-refractivity contribution >= 4 is 35.8 Å². The molecule has 0 aliphatic rings. The van der Waals surface area contributed by atoms with Gasteiger partial charge in [0.25, 0.3) is 0 Å². The lowest BCUT2D eigenvalue weighted by Crippen LogP contribution is -2.39. The first-order valence-corrected chi connectivity index (χ1v) is 6.69. The molecule has 1 heterocycles. The van der Waals surface area contributed by atoms with Crippen LogP contribution < -0.4 is 16.0 Å². The Balaban J connectivity index is 0.00000441. The smallest absolute Gasteiger partial charge is 0.368 e. The summed E-state index contributed by atoms with van der Waals surface area (Å²) in [6.07, 6.45) is -2.13. The number of hydrogen-bond donors (Lipinski definition) is 3. The van der Waals surface area contributed by atoms with Crippen molar-refractivity contribution in [2.45, 2.75) is 19.5 Å². The molecule has 0 saturated carbocycles. The van der Waals surface area contributed by atoms with Crippen LogP contribution in [0.1, 0.15) is 18.9 Å². The van der Waals surface area contributed by atoms with Gasteiger partial charge in [-0.15, -0.1) is 24.0 Å². The van der Waals surface area contributed by atoms with E-state index in [1.807, 2.05) is 6.92 Å². The molecule has 126 valence electrons. The summed E-state index contributed by atoms with van der Waals surface area (Å²) in [5, 5.41) is 8.75. The third-order valence-electron chi connectivity index (χ3n) is 2.59. The molecule has 0 spiro atoms. The van der Waals surface area contributed by atoms with Crippen molar-refractivity contribution in [3.63, 3.8) is 0 Å². The van der Waals surface area contributed by atoms with Crippen LogP contribution in [0.2, 0.25) is 0 Å². The Hall–Kier alpha value is -1.26. The zero-order valence-electron chi connectivity index (χ0n) is 12.5. The molecule has 0 bridgehead atoms. The number of halogens is 4. The summed E-state index contributed by atoms with van der Waals surface area (Å²) in [6.45, 7) is 3.54. The van der Waals surface area contributed by atoms with Crippen LogP contribution in [0.25, 0.3) is 0 Å². The van der Waals surface area contributed by atoms with E-state index in [0.29, 0.717) is 19.0 Å². The number of nitrogens with zero attached hydrogens (tertiary/aromatic N) is 2. The Morgan fingerprint density at radius 1 is 1.23 bits per heavy atom. The van der Waals surface area contributed by atoms with Crippen molar-refractivity contribution in [1.82, 2.24) is 15.6 Å². The molecule has 1 aromatic rings. The van der Waals surface area contributed by atoms with Gasteiger partial charge in [-0.25, -0.2) is 4.98 Å². The van der Waals surface area contributed by atoms with Gasteiger partial charge in [0, 0.05) is 32.9 Å². The van der Waals surface area contributed by atoms with Gasteiger partial charge in [0.1, 0.15) is 5.82 Å². The standard InChI is InChI=1S/C13H20F3N5.HI/c1-3-6-20-12(17-2)21-9-8-19-11-10(13(14,15)16)5-4-7-18-11;/h4-5,7H,3,6,8-9H2,1-2H3,(H,18,19)(H2,17,20,21);1H. The molecule has 5 nitrogen and oxygen atoms in total. The lowest BCUT2D eigenvalue weighted by molar-refractivity contribution is -0.137. The zero-order chi connectivity index (χ0) is 15.7. The van der Waals surface area contributed by atoms with E-state index in [0.717, 1.165) is 19.0 Å². The van der Waals surface area contributed by atoms with E-state index in [1.165, 1.54) is 12.3 Å². The highest BCUT2D eigenvalue weighted by atomic mass is 127. The van der Waals surface area contributed by atoms with E-state index in [-0.39, 0.29) is 29.8 Å². The third kappa shape index (κ3) is 7.14. The predicted octanol–water partition coefficient (Wildman–Crippen LogP) is 2.71. The lowest BCUT2D eigenvalue weighted by Gasteiger charge is -2.14. The Morgan fingerprint density at radius 3 is 2.50 bits per heavy atom. The average molecular weight is 431 g/mol. The van der Waals surface area contributed by atoms with Crippen molar-refractivity contribution in [2.24, 2.45) is 4.99 Å². The largest absolute Gasteiger partial charge is 0.419 e. The average Bonchev–Trinajstić information content (AvgIpc) is 2.46. The van der Waals surface area contributed by atoms with Gasteiger partial charge in [0.05, 0.1) is 5.56 Å². The number of aliphatic imine (C=N–C) groups is 1. The van der Waals surface area contributed by atoms with E-state index < -0.39 is 11.7 Å². The van der Waals surface area contributed by atoms with Crippen LogP contribution in [0, 0.1) is 0 Å². The van der Waals surface area contributed by atoms with Crippen LogP contribution in [0.15, 0.2) is 23.3 Å². The highest BCUT2D eigenvalue weighted by Crippen LogP contribution is 2.33. The van der Waals surface area contributed by atoms with Crippen molar-refractivity contribution in [3.05, 3.63) is 23.9 Å². The van der Waals surface area contributed by atoms with Gasteiger partial charge in [-0.05, 0) is 18.6 Å². The Morgan fingerprint density at radius 2 is 1.91 bits per heavy atom. The molecule has 0 fully saturated rings. The first-order chi connectivity index (χ1) is 9.99. The molecule has 0 atom stereocenters. The third-order valence-corrected chi connectivity index (χ3v) is 2.59. The van der Waals surface area contributed by atoms with E-state index in [1.54, 1.807) is 7.05 Å². The monoisotopic (exact) mass is 431 g/mol. The van der Waals surface area contributed by atoms with Crippen LogP contribution >= 0.6 is 24.0 Å². The molecule has 0 aliphatic carbocycles. The van der Waals surface area contributed by atoms with Gasteiger partial charge in [-0.3, -0.25) is 4.99 Å². The highest BCUT2D eigenvalue weighted by molar-refractivity contribution is 14.0. The molecule has 0 aromatic carbocycles. The molecule has 0 aliphatic heterocycles. The summed E-state index contributed by atoms with van der Waals surface area (Å²) in [6, 6.07) is 2.27. The fourth-order valence-corrected chi connectivity index (χ4v) is 1.60. The van der Waals surface area contributed by atoms with Gasteiger partial charge in [-0.1, -0.05) is 6.92 Å². The number of alkyl halides is 3. The van der Waals surface area contributed by atoms with Gasteiger partial charge in [0.15, 0.2) is 5.96 Å². The molecule has 0 radical (unpaired) electrons. The SMILES string of the molecule is CCCNC(=NC)NCCNc1ncccc1C(F)(F)F.I. The normalized spacial score (nSPS) is 11.6. The molecular formula is C13H21F3IN5. The number of aromatic nitrogens is 1. The maximum absolute atomic E-state index is 12.8. The fraction of sp³-hybridized carbons (Fsp3) is 0.538. The maximum Gasteiger partial charge on any atom is 0.419 e. The Kier molecular flexibility index (Phi) is 9.86. The van der Waals surface area contributed by atoms with E-state index >= 15 is 0 Å². The first-order valence-electron chi connectivity index (χ1n) is 6.69. The van der Waals surface area contributed by atoms with Crippen LogP contribution in [0.4, 0.5) is 19.0 Å². The molecule has 22 heavy (non-hydrogen) atoms. The van der Waals surface area contributed by atoms with Gasteiger partial charge in [0.2, 0.25) is 0 Å². The summed E-state index contributed by atoms with van der Waals surface area (Å²) < 4.78 is 38.3. The summed E-state index contributed by atoms with van der Waals surface area (Å²) in [5.41, 5.74) is -0.765. The molecule has 0 saturated heterocycles. The predicted molar refractivity (Wildman–Crippen MR) is 92.8 cm³/mol. The molecular weight excluding hydrogens is 410 g/mol. The Bertz CT molecular complexity index is 465. The van der Waals surface area contributed by atoms with E-state index in [9.17, 15) is 13.2 Å². The minimum absolute atomic E-state index is 0. The highest BCUT2D eigenvalue weighted by Gasteiger charge is 2.33. The molecule has 0 unspecified atom stereocenters. The van der Waals surface area contributed by atoms with Gasteiger partial charge in [-0.2, -0.15) is 13.2 Å². The number of anilines is 1. The van der Waals surface area contributed by atoms with Crippen molar-refractivity contribution in [3.8, 4) is 0 Å². The molecule has 9 heteroatoms. The number of nitrogens with one attached hydrogen (secondary N) is 3. The van der Waals surface area contributed by atoms with E-state index in [2.05, 4.69) is 25.9 Å². The van der Waals surface area contributed by atoms with Crippen LogP contribution in [-0.2, 0) is 6.18 Å². The molecule has 0 amide bonds. The summed E-state index contributed by atoms with van der Waals surface area (Å²) in [4.78, 5) is 7.72. The lowest BCUT2D eigenvalue weighted by atomic mass is 10.2. The van der Waals surface area contributed by atoms with Crippen LogP contribution in [0.5, 0.6) is 0 Å². The maximum atomic E-state index is 12.8. The zero-order valence-corrected chi connectivity index (χ0v) is 14.8. The molecule has 3 N–H and O–H groups in total. The molecule has 1 rings (SSSR count). The summed E-state index contributed by atoms with van der Waals surface area (Å²) in [5.74, 6) is 0.457.